The molecule has 16 heavy (non-hydrogen) atoms. The van der Waals surface area contributed by atoms with Crippen LogP contribution < -0.4 is 9.47 Å². The fraction of sp³-hybridized carbons (Fsp3) is 0.500. The molecule has 6 heteroatoms. The monoisotopic (exact) mass is 226 g/mol. The average Bonchev–Trinajstić information content (AvgIpc) is 2.35. The minimum absolute atomic E-state index is 0.235. The summed E-state index contributed by atoms with van der Waals surface area (Å²) in [4.78, 5) is 18.9. The van der Waals surface area contributed by atoms with Crippen LogP contribution >= 0.6 is 0 Å². The Kier molecular flexibility index (Phi) is 4.50. The normalized spacial score (nSPS) is 9.69. The maximum Gasteiger partial charge on any atom is 0.319 e. The molecule has 1 rings (SSSR count). The molecule has 0 amide bonds. The van der Waals surface area contributed by atoms with E-state index in [2.05, 4.69) is 14.7 Å². The molecule has 1 aromatic rings. The third-order valence-electron chi connectivity index (χ3n) is 2.00. The zero-order valence-corrected chi connectivity index (χ0v) is 9.52. The molecule has 0 saturated carbocycles. The van der Waals surface area contributed by atoms with Gasteiger partial charge in [-0.3, -0.25) is 4.79 Å². The second-order valence-corrected chi connectivity index (χ2v) is 2.97. The zero-order chi connectivity index (χ0) is 12.0. The topological polar surface area (TPSA) is 70.5 Å². The van der Waals surface area contributed by atoms with Gasteiger partial charge in [0.2, 0.25) is 5.88 Å². The first-order valence-corrected chi connectivity index (χ1v) is 4.72. The van der Waals surface area contributed by atoms with Gasteiger partial charge in [0.05, 0.1) is 21.3 Å². The Morgan fingerprint density at radius 1 is 1.31 bits per heavy atom. The van der Waals surface area contributed by atoms with Gasteiger partial charge >= 0.3 is 12.0 Å². The minimum atomic E-state index is -0.280. The number of esters is 1. The highest BCUT2D eigenvalue weighted by Crippen LogP contribution is 2.18. The molecule has 0 N–H and O–H groups in total. The molecule has 88 valence electrons. The van der Waals surface area contributed by atoms with Crippen LogP contribution in [-0.2, 0) is 16.0 Å². The summed E-state index contributed by atoms with van der Waals surface area (Å²) in [5.41, 5.74) is 0.744. The summed E-state index contributed by atoms with van der Waals surface area (Å²) in [6.45, 7) is 0. The second kappa shape index (κ2) is 5.89. The standard InChI is InChI=1S/C10H14N2O4/c1-14-8(13)5-4-7-6-11-10(16-3)12-9(7)15-2/h6H,4-5H2,1-3H3. The quantitative estimate of drug-likeness (QED) is 0.685. The summed E-state index contributed by atoms with van der Waals surface area (Å²) in [6, 6.07) is 0.235. The summed E-state index contributed by atoms with van der Waals surface area (Å²) < 4.78 is 14.5. The Morgan fingerprint density at radius 2 is 2.06 bits per heavy atom. The lowest BCUT2D eigenvalue weighted by Crippen LogP contribution is -2.05. The highest BCUT2D eigenvalue weighted by Gasteiger charge is 2.10. The molecule has 0 saturated heterocycles. The van der Waals surface area contributed by atoms with Crippen LogP contribution in [0, 0.1) is 0 Å². The maximum absolute atomic E-state index is 11.0. The van der Waals surface area contributed by atoms with E-state index in [0.717, 1.165) is 5.56 Å². The number of aromatic nitrogens is 2. The Hall–Kier alpha value is -1.85. The third-order valence-corrected chi connectivity index (χ3v) is 2.00. The number of rotatable bonds is 5. The van der Waals surface area contributed by atoms with Crippen molar-refractivity contribution < 1.29 is 19.0 Å². The predicted octanol–water partition coefficient (Wildman–Crippen LogP) is 0.599. The molecule has 1 heterocycles. The summed E-state index contributed by atoms with van der Waals surface area (Å²) in [5, 5.41) is 0. The van der Waals surface area contributed by atoms with Crippen molar-refractivity contribution in [2.24, 2.45) is 0 Å². The molecule has 0 fully saturated rings. The smallest absolute Gasteiger partial charge is 0.319 e. The summed E-state index contributed by atoms with van der Waals surface area (Å²) in [6.07, 6.45) is 2.32. The van der Waals surface area contributed by atoms with Crippen LogP contribution in [0.4, 0.5) is 0 Å². The summed E-state index contributed by atoms with van der Waals surface area (Å²) in [7, 11) is 4.33. The zero-order valence-electron chi connectivity index (χ0n) is 9.52. The van der Waals surface area contributed by atoms with Crippen molar-refractivity contribution in [1.82, 2.24) is 9.97 Å². The van der Waals surface area contributed by atoms with E-state index < -0.39 is 0 Å². The van der Waals surface area contributed by atoms with Gasteiger partial charge in [0.1, 0.15) is 0 Å². The average molecular weight is 226 g/mol. The molecular weight excluding hydrogens is 212 g/mol. The molecule has 0 aliphatic carbocycles. The molecule has 0 aromatic carbocycles. The van der Waals surface area contributed by atoms with Crippen LogP contribution in [0.2, 0.25) is 0 Å². The fourth-order valence-corrected chi connectivity index (χ4v) is 1.16. The highest BCUT2D eigenvalue weighted by atomic mass is 16.5. The number of hydrogen-bond acceptors (Lipinski definition) is 6. The van der Waals surface area contributed by atoms with Crippen molar-refractivity contribution in [3.05, 3.63) is 11.8 Å². The largest absolute Gasteiger partial charge is 0.481 e. The van der Waals surface area contributed by atoms with Gasteiger partial charge in [0.25, 0.3) is 0 Å². The SMILES string of the molecule is COC(=O)CCc1cnc(OC)nc1OC. The van der Waals surface area contributed by atoms with Gasteiger partial charge in [-0.05, 0) is 6.42 Å². The number of aryl methyl sites for hydroxylation is 1. The summed E-state index contributed by atoms with van der Waals surface area (Å²) >= 11 is 0. The molecule has 0 radical (unpaired) electrons. The second-order valence-electron chi connectivity index (χ2n) is 2.97. The molecule has 0 unspecified atom stereocenters. The number of methoxy groups -OCH3 is 3. The number of ether oxygens (including phenoxy) is 3. The molecule has 1 aromatic heterocycles. The van der Waals surface area contributed by atoms with Crippen LogP contribution in [0.25, 0.3) is 0 Å². The van der Waals surface area contributed by atoms with Gasteiger partial charge in [0, 0.05) is 18.2 Å². The number of carbonyl (C=O) groups excluding carboxylic acids is 1. The maximum atomic E-state index is 11.0. The van der Waals surface area contributed by atoms with Crippen LogP contribution in [-0.4, -0.2) is 37.3 Å². The molecule has 0 aliphatic rings. The molecule has 0 atom stereocenters. The molecule has 0 aliphatic heterocycles. The van der Waals surface area contributed by atoms with E-state index in [-0.39, 0.29) is 18.4 Å². The van der Waals surface area contributed by atoms with E-state index >= 15 is 0 Å². The van der Waals surface area contributed by atoms with E-state index in [1.807, 2.05) is 0 Å². The number of nitrogens with zero attached hydrogens (tertiary/aromatic N) is 2. The van der Waals surface area contributed by atoms with Crippen molar-refractivity contribution in [2.75, 3.05) is 21.3 Å². The Balaban J connectivity index is 2.75. The highest BCUT2D eigenvalue weighted by molar-refractivity contribution is 5.69. The predicted molar refractivity (Wildman–Crippen MR) is 55.5 cm³/mol. The Morgan fingerprint density at radius 3 is 2.62 bits per heavy atom. The van der Waals surface area contributed by atoms with Gasteiger partial charge in [-0.2, -0.15) is 4.98 Å². The first-order chi connectivity index (χ1) is 7.71. The number of hydrogen-bond donors (Lipinski definition) is 0. The lowest BCUT2D eigenvalue weighted by Gasteiger charge is -2.07. The lowest BCUT2D eigenvalue weighted by atomic mass is 10.2. The van der Waals surface area contributed by atoms with Crippen LogP contribution in [0.5, 0.6) is 11.9 Å². The Bertz CT molecular complexity index is 368. The van der Waals surface area contributed by atoms with Crippen molar-refractivity contribution in [3.63, 3.8) is 0 Å². The molecular formula is C10H14N2O4. The minimum Gasteiger partial charge on any atom is -0.481 e. The van der Waals surface area contributed by atoms with Crippen molar-refractivity contribution in [1.29, 1.82) is 0 Å². The summed E-state index contributed by atoms with van der Waals surface area (Å²) in [5.74, 6) is 0.133. The fourth-order valence-electron chi connectivity index (χ4n) is 1.16. The van der Waals surface area contributed by atoms with Gasteiger partial charge in [0.15, 0.2) is 0 Å². The van der Waals surface area contributed by atoms with E-state index in [1.165, 1.54) is 21.3 Å². The first kappa shape index (κ1) is 12.2. The molecule has 0 bridgehead atoms. The van der Waals surface area contributed by atoms with Crippen LogP contribution in [0.1, 0.15) is 12.0 Å². The van der Waals surface area contributed by atoms with E-state index in [4.69, 9.17) is 9.47 Å². The van der Waals surface area contributed by atoms with Crippen LogP contribution in [0.15, 0.2) is 6.20 Å². The van der Waals surface area contributed by atoms with Crippen molar-refractivity contribution >= 4 is 5.97 Å². The van der Waals surface area contributed by atoms with Gasteiger partial charge < -0.3 is 14.2 Å². The van der Waals surface area contributed by atoms with Gasteiger partial charge in [-0.1, -0.05) is 0 Å². The first-order valence-electron chi connectivity index (χ1n) is 4.72. The van der Waals surface area contributed by atoms with Crippen molar-refractivity contribution in [3.8, 4) is 11.9 Å². The number of carbonyl (C=O) groups is 1. The third kappa shape index (κ3) is 3.08. The molecule has 0 spiro atoms. The lowest BCUT2D eigenvalue weighted by molar-refractivity contribution is -0.140. The Labute approximate surface area is 93.6 Å². The van der Waals surface area contributed by atoms with Gasteiger partial charge in [-0.25, -0.2) is 4.98 Å². The van der Waals surface area contributed by atoms with Crippen molar-refractivity contribution in [2.45, 2.75) is 12.8 Å². The van der Waals surface area contributed by atoms with E-state index in [1.54, 1.807) is 6.20 Å². The van der Waals surface area contributed by atoms with E-state index in [9.17, 15) is 4.79 Å². The van der Waals surface area contributed by atoms with E-state index in [0.29, 0.717) is 12.3 Å². The molecule has 6 nitrogen and oxygen atoms in total. The van der Waals surface area contributed by atoms with Gasteiger partial charge in [-0.15, -0.1) is 0 Å². The van der Waals surface area contributed by atoms with Crippen LogP contribution in [0.3, 0.4) is 0 Å².